The fourth-order valence-electron chi connectivity index (χ4n) is 1.76. The van der Waals surface area contributed by atoms with E-state index in [2.05, 4.69) is 5.32 Å². The first-order valence-corrected chi connectivity index (χ1v) is 6.17. The van der Waals surface area contributed by atoms with Crippen molar-refractivity contribution in [2.75, 3.05) is 12.4 Å². The molecule has 0 fully saturated rings. The average Bonchev–Trinajstić information content (AvgIpc) is 2.48. The Morgan fingerprint density at radius 1 is 1.00 bits per heavy atom. The summed E-state index contributed by atoms with van der Waals surface area (Å²) in [6.45, 7) is 1.92. The second kappa shape index (κ2) is 6.02. The van der Waals surface area contributed by atoms with E-state index in [0.717, 1.165) is 5.56 Å². The van der Waals surface area contributed by atoms with E-state index in [0.29, 0.717) is 17.0 Å². The standard InChI is InChI=1S/C16H15NO3/c1-11-7-9-12(10-8-11)15(18)16(19)17-13-5-3-4-6-14(13)20-2/h3-10H,1-2H3,(H,17,19). The summed E-state index contributed by atoms with van der Waals surface area (Å²) in [6, 6.07) is 13.8. The second-order valence-electron chi connectivity index (χ2n) is 4.35. The highest BCUT2D eigenvalue weighted by Gasteiger charge is 2.17. The van der Waals surface area contributed by atoms with Crippen LogP contribution in [0.25, 0.3) is 0 Å². The van der Waals surface area contributed by atoms with Gasteiger partial charge in [0.2, 0.25) is 0 Å². The van der Waals surface area contributed by atoms with Crippen LogP contribution in [0.1, 0.15) is 15.9 Å². The molecule has 0 saturated carbocycles. The smallest absolute Gasteiger partial charge is 0.296 e. The minimum atomic E-state index is -0.682. The molecule has 0 aliphatic heterocycles. The van der Waals surface area contributed by atoms with Gasteiger partial charge in [0.05, 0.1) is 12.8 Å². The molecule has 0 heterocycles. The van der Waals surface area contributed by atoms with Gasteiger partial charge in [-0.2, -0.15) is 0 Å². The van der Waals surface area contributed by atoms with Gasteiger partial charge in [0.1, 0.15) is 5.75 Å². The van der Waals surface area contributed by atoms with E-state index < -0.39 is 11.7 Å². The third kappa shape index (κ3) is 3.03. The van der Waals surface area contributed by atoms with E-state index in [-0.39, 0.29) is 0 Å². The van der Waals surface area contributed by atoms with Crippen molar-refractivity contribution in [1.82, 2.24) is 0 Å². The van der Waals surface area contributed by atoms with Crippen LogP contribution in [-0.4, -0.2) is 18.8 Å². The van der Waals surface area contributed by atoms with Crippen LogP contribution < -0.4 is 10.1 Å². The molecule has 2 rings (SSSR count). The first kappa shape index (κ1) is 13.8. The number of amides is 1. The van der Waals surface area contributed by atoms with E-state index in [4.69, 9.17) is 4.74 Å². The molecular weight excluding hydrogens is 254 g/mol. The fraction of sp³-hybridized carbons (Fsp3) is 0.125. The molecule has 102 valence electrons. The lowest BCUT2D eigenvalue weighted by molar-refractivity contribution is -0.112. The average molecular weight is 269 g/mol. The number of hydrogen-bond acceptors (Lipinski definition) is 3. The highest BCUT2D eigenvalue weighted by Crippen LogP contribution is 2.23. The molecule has 0 saturated heterocycles. The number of rotatable bonds is 4. The molecule has 0 unspecified atom stereocenters. The summed E-state index contributed by atoms with van der Waals surface area (Å²) < 4.78 is 5.12. The Labute approximate surface area is 117 Å². The summed E-state index contributed by atoms with van der Waals surface area (Å²) in [5.41, 5.74) is 1.87. The summed E-state index contributed by atoms with van der Waals surface area (Å²) in [6.07, 6.45) is 0. The maximum Gasteiger partial charge on any atom is 0.296 e. The summed E-state index contributed by atoms with van der Waals surface area (Å²) in [4.78, 5) is 24.0. The number of methoxy groups -OCH3 is 1. The van der Waals surface area contributed by atoms with Crippen LogP contribution in [0.4, 0.5) is 5.69 Å². The van der Waals surface area contributed by atoms with E-state index in [1.807, 2.05) is 6.92 Å². The van der Waals surface area contributed by atoms with Gasteiger partial charge in [0.25, 0.3) is 11.7 Å². The van der Waals surface area contributed by atoms with Crippen molar-refractivity contribution in [3.8, 4) is 5.75 Å². The first-order valence-electron chi connectivity index (χ1n) is 6.17. The third-order valence-electron chi connectivity index (χ3n) is 2.88. The molecule has 0 aromatic heterocycles. The fourth-order valence-corrected chi connectivity index (χ4v) is 1.76. The van der Waals surface area contributed by atoms with Gasteiger partial charge in [0.15, 0.2) is 0 Å². The summed E-state index contributed by atoms with van der Waals surface area (Å²) in [5.74, 6) is -0.744. The largest absolute Gasteiger partial charge is 0.495 e. The molecule has 4 nitrogen and oxygen atoms in total. The molecule has 0 bridgehead atoms. The Balaban J connectivity index is 2.15. The van der Waals surface area contributed by atoms with Crippen molar-refractivity contribution in [3.63, 3.8) is 0 Å². The van der Waals surface area contributed by atoms with Gasteiger partial charge in [-0.3, -0.25) is 9.59 Å². The van der Waals surface area contributed by atoms with Gasteiger partial charge in [-0.1, -0.05) is 42.0 Å². The van der Waals surface area contributed by atoms with Gasteiger partial charge in [0, 0.05) is 5.56 Å². The van der Waals surface area contributed by atoms with Crippen LogP contribution in [0, 0.1) is 6.92 Å². The number of Topliss-reactive ketones (excluding diaryl/α,β-unsaturated/α-hetero) is 1. The number of nitrogens with one attached hydrogen (secondary N) is 1. The van der Waals surface area contributed by atoms with Gasteiger partial charge < -0.3 is 10.1 Å². The molecular formula is C16H15NO3. The number of anilines is 1. The van der Waals surface area contributed by atoms with E-state index in [1.54, 1.807) is 48.5 Å². The molecule has 0 aliphatic carbocycles. The Morgan fingerprint density at radius 3 is 2.30 bits per heavy atom. The van der Waals surface area contributed by atoms with Crippen molar-refractivity contribution in [2.24, 2.45) is 0 Å². The van der Waals surface area contributed by atoms with Crippen LogP contribution >= 0.6 is 0 Å². The van der Waals surface area contributed by atoms with E-state index in [1.165, 1.54) is 7.11 Å². The predicted molar refractivity (Wildman–Crippen MR) is 77.1 cm³/mol. The zero-order chi connectivity index (χ0) is 14.5. The Hall–Kier alpha value is -2.62. The lowest BCUT2D eigenvalue weighted by Crippen LogP contribution is -2.23. The van der Waals surface area contributed by atoms with Gasteiger partial charge >= 0.3 is 0 Å². The van der Waals surface area contributed by atoms with Crippen LogP contribution in [0.5, 0.6) is 5.75 Å². The molecule has 20 heavy (non-hydrogen) atoms. The second-order valence-corrected chi connectivity index (χ2v) is 4.35. The molecule has 1 N–H and O–H groups in total. The van der Waals surface area contributed by atoms with E-state index in [9.17, 15) is 9.59 Å². The topological polar surface area (TPSA) is 55.4 Å². The maximum atomic E-state index is 12.0. The number of ketones is 1. The SMILES string of the molecule is COc1ccccc1NC(=O)C(=O)c1ccc(C)cc1. The lowest BCUT2D eigenvalue weighted by atomic mass is 10.1. The molecule has 0 aliphatic rings. The maximum absolute atomic E-state index is 12.0. The molecule has 4 heteroatoms. The number of benzene rings is 2. The molecule has 0 spiro atoms. The quantitative estimate of drug-likeness (QED) is 0.686. The zero-order valence-corrected chi connectivity index (χ0v) is 11.3. The summed E-state index contributed by atoms with van der Waals surface area (Å²) in [5, 5.41) is 2.56. The summed E-state index contributed by atoms with van der Waals surface area (Å²) >= 11 is 0. The number of aryl methyl sites for hydroxylation is 1. The van der Waals surface area contributed by atoms with Crippen molar-refractivity contribution in [3.05, 3.63) is 59.7 Å². The van der Waals surface area contributed by atoms with Crippen LogP contribution in [0.15, 0.2) is 48.5 Å². The predicted octanol–water partition coefficient (Wildman–Crippen LogP) is 2.83. The van der Waals surface area contributed by atoms with Crippen LogP contribution in [-0.2, 0) is 4.79 Å². The lowest BCUT2D eigenvalue weighted by Gasteiger charge is -2.09. The van der Waals surface area contributed by atoms with Crippen molar-refractivity contribution in [2.45, 2.75) is 6.92 Å². The molecule has 0 radical (unpaired) electrons. The number of hydrogen-bond donors (Lipinski definition) is 1. The molecule has 2 aromatic carbocycles. The monoisotopic (exact) mass is 269 g/mol. The number of para-hydroxylation sites is 2. The Morgan fingerprint density at radius 2 is 1.65 bits per heavy atom. The number of carbonyl (C=O) groups is 2. The zero-order valence-electron chi connectivity index (χ0n) is 11.3. The van der Waals surface area contributed by atoms with E-state index >= 15 is 0 Å². The number of ether oxygens (including phenoxy) is 1. The number of carbonyl (C=O) groups excluding carboxylic acids is 2. The molecule has 1 amide bonds. The van der Waals surface area contributed by atoms with Gasteiger partial charge in [-0.15, -0.1) is 0 Å². The summed E-state index contributed by atoms with van der Waals surface area (Å²) in [7, 11) is 1.51. The first-order chi connectivity index (χ1) is 9.61. The van der Waals surface area contributed by atoms with Crippen molar-refractivity contribution < 1.29 is 14.3 Å². The van der Waals surface area contributed by atoms with Crippen molar-refractivity contribution in [1.29, 1.82) is 0 Å². The van der Waals surface area contributed by atoms with Gasteiger partial charge in [-0.25, -0.2) is 0 Å². The Bertz CT molecular complexity index is 632. The molecule has 0 atom stereocenters. The van der Waals surface area contributed by atoms with Gasteiger partial charge in [-0.05, 0) is 19.1 Å². The normalized spacial score (nSPS) is 9.90. The van der Waals surface area contributed by atoms with Crippen LogP contribution in [0.2, 0.25) is 0 Å². The molecule has 2 aromatic rings. The Kier molecular flexibility index (Phi) is 4.15. The van der Waals surface area contributed by atoms with Crippen molar-refractivity contribution >= 4 is 17.4 Å². The highest BCUT2D eigenvalue weighted by molar-refractivity contribution is 6.46. The minimum absolute atomic E-state index is 0.364. The van der Waals surface area contributed by atoms with Crippen LogP contribution in [0.3, 0.4) is 0 Å². The third-order valence-corrected chi connectivity index (χ3v) is 2.88. The highest BCUT2D eigenvalue weighted by atomic mass is 16.5. The minimum Gasteiger partial charge on any atom is -0.495 e.